The number of ether oxygens (including phenoxy) is 1. The van der Waals surface area contributed by atoms with E-state index < -0.39 is 11.9 Å². The van der Waals surface area contributed by atoms with E-state index in [-0.39, 0.29) is 24.1 Å². The highest BCUT2D eigenvalue weighted by molar-refractivity contribution is 5.92. The average Bonchev–Trinajstić information content (AvgIpc) is 2.62. The Labute approximate surface area is 145 Å². The van der Waals surface area contributed by atoms with Crippen molar-refractivity contribution in [1.29, 1.82) is 0 Å². The van der Waals surface area contributed by atoms with Crippen molar-refractivity contribution in [2.24, 2.45) is 0 Å². The summed E-state index contributed by atoms with van der Waals surface area (Å²) in [5.74, 6) is -1.25. The topological polar surface area (TPSA) is 58.6 Å². The van der Waals surface area contributed by atoms with Crippen LogP contribution in [0.5, 0.6) is 0 Å². The van der Waals surface area contributed by atoms with Gasteiger partial charge in [-0.05, 0) is 29.7 Å². The van der Waals surface area contributed by atoms with Crippen LogP contribution in [-0.2, 0) is 27.3 Å². The molecule has 0 radical (unpaired) electrons. The van der Waals surface area contributed by atoms with E-state index >= 15 is 0 Å². The van der Waals surface area contributed by atoms with E-state index in [4.69, 9.17) is 4.74 Å². The van der Waals surface area contributed by atoms with Crippen molar-refractivity contribution in [2.75, 3.05) is 19.0 Å². The summed E-state index contributed by atoms with van der Waals surface area (Å²) in [6, 6.07) is 13.2. The van der Waals surface area contributed by atoms with Gasteiger partial charge < -0.3 is 10.1 Å². The van der Waals surface area contributed by atoms with E-state index in [1.807, 2.05) is 24.3 Å². The highest BCUT2D eigenvalue weighted by Crippen LogP contribution is 2.24. The molecule has 0 unspecified atom stereocenters. The number of carbonyl (C=O) groups is 2. The van der Waals surface area contributed by atoms with Crippen LogP contribution >= 0.6 is 0 Å². The lowest BCUT2D eigenvalue weighted by molar-refractivity contribution is -0.148. The van der Waals surface area contributed by atoms with Gasteiger partial charge in [-0.2, -0.15) is 0 Å². The fraction of sp³-hybridized carbons (Fsp3) is 0.263. The minimum atomic E-state index is -0.536. The largest absolute Gasteiger partial charge is 0.468 e. The zero-order chi connectivity index (χ0) is 17.8. The molecule has 1 aliphatic heterocycles. The summed E-state index contributed by atoms with van der Waals surface area (Å²) in [5.41, 5.74) is 2.27. The number of anilines is 1. The number of hydrogen-bond acceptors (Lipinski definition) is 4. The fourth-order valence-electron chi connectivity index (χ4n) is 3.05. The molecule has 0 saturated heterocycles. The third-order valence-corrected chi connectivity index (χ3v) is 4.31. The first-order valence-corrected chi connectivity index (χ1v) is 8.01. The molecule has 1 heterocycles. The quantitative estimate of drug-likeness (QED) is 0.867. The van der Waals surface area contributed by atoms with Crippen molar-refractivity contribution >= 4 is 17.6 Å². The van der Waals surface area contributed by atoms with Crippen LogP contribution in [0, 0.1) is 5.82 Å². The molecule has 2 aromatic rings. The molecule has 0 saturated carbocycles. The number of benzene rings is 2. The van der Waals surface area contributed by atoms with Crippen LogP contribution in [0.25, 0.3) is 0 Å². The first-order chi connectivity index (χ1) is 12.1. The Morgan fingerprint density at radius 2 is 1.84 bits per heavy atom. The van der Waals surface area contributed by atoms with Gasteiger partial charge >= 0.3 is 5.97 Å². The average molecular weight is 342 g/mol. The van der Waals surface area contributed by atoms with Crippen molar-refractivity contribution < 1.29 is 18.7 Å². The zero-order valence-corrected chi connectivity index (χ0v) is 13.9. The Bertz CT molecular complexity index is 794. The summed E-state index contributed by atoms with van der Waals surface area (Å²) in [6.45, 7) is 0.434. The maximum Gasteiger partial charge on any atom is 0.323 e. The van der Waals surface area contributed by atoms with E-state index in [1.54, 1.807) is 17.0 Å². The van der Waals surface area contributed by atoms with Crippen LogP contribution in [-0.4, -0.2) is 36.5 Å². The van der Waals surface area contributed by atoms with E-state index in [0.717, 1.165) is 11.1 Å². The summed E-state index contributed by atoms with van der Waals surface area (Å²) < 4.78 is 18.6. The Morgan fingerprint density at radius 3 is 2.56 bits per heavy atom. The number of nitrogens with zero attached hydrogens (tertiary/aromatic N) is 1. The second-order valence-electron chi connectivity index (χ2n) is 5.94. The third-order valence-electron chi connectivity index (χ3n) is 4.31. The number of rotatable bonds is 4. The second-order valence-corrected chi connectivity index (χ2v) is 5.94. The molecular weight excluding hydrogens is 323 g/mol. The van der Waals surface area contributed by atoms with Crippen molar-refractivity contribution in [3.05, 3.63) is 65.5 Å². The SMILES string of the molecule is COC(=O)[C@H]1Cc2ccccc2CN1CC(=O)Nc1ccccc1F. The summed E-state index contributed by atoms with van der Waals surface area (Å²) in [7, 11) is 1.33. The van der Waals surface area contributed by atoms with Crippen LogP contribution in [0.1, 0.15) is 11.1 Å². The molecule has 6 heteroatoms. The molecule has 0 aliphatic carbocycles. The standard InChI is InChI=1S/C19H19FN2O3/c1-25-19(24)17-10-13-6-2-3-7-14(13)11-22(17)12-18(23)21-16-9-5-4-8-15(16)20/h2-9,17H,10-12H2,1H3,(H,21,23)/t17-/m1/s1. The van der Waals surface area contributed by atoms with E-state index in [0.29, 0.717) is 13.0 Å². The first kappa shape index (κ1) is 17.1. The second kappa shape index (κ2) is 7.44. The summed E-state index contributed by atoms with van der Waals surface area (Å²) >= 11 is 0. The number of halogens is 1. The normalized spacial score (nSPS) is 16.8. The minimum Gasteiger partial charge on any atom is -0.468 e. The van der Waals surface area contributed by atoms with Gasteiger partial charge in [0, 0.05) is 6.54 Å². The monoisotopic (exact) mass is 342 g/mol. The Balaban J connectivity index is 1.75. The maximum atomic E-state index is 13.7. The molecule has 130 valence electrons. The van der Waals surface area contributed by atoms with Crippen molar-refractivity contribution in [3.63, 3.8) is 0 Å². The van der Waals surface area contributed by atoms with Crippen molar-refractivity contribution in [2.45, 2.75) is 19.0 Å². The summed E-state index contributed by atoms with van der Waals surface area (Å²) in [6.07, 6.45) is 0.482. The molecule has 5 nitrogen and oxygen atoms in total. The number of methoxy groups -OCH3 is 1. The van der Waals surface area contributed by atoms with Crippen LogP contribution in [0.4, 0.5) is 10.1 Å². The Hall–Kier alpha value is -2.73. The van der Waals surface area contributed by atoms with Gasteiger partial charge in [0.05, 0.1) is 19.3 Å². The van der Waals surface area contributed by atoms with E-state index in [1.165, 1.54) is 19.2 Å². The van der Waals surface area contributed by atoms with Crippen LogP contribution in [0.15, 0.2) is 48.5 Å². The maximum absolute atomic E-state index is 13.7. The first-order valence-electron chi connectivity index (χ1n) is 8.01. The number of esters is 1. The predicted molar refractivity (Wildman–Crippen MR) is 91.4 cm³/mol. The lowest BCUT2D eigenvalue weighted by Crippen LogP contribution is -2.49. The number of fused-ring (bicyclic) bond motifs is 1. The van der Waals surface area contributed by atoms with Gasteiger partial charge in [-0.15, -0.1) is 0 Å². The molecule has 25 heavy (non-hydrogen) atoms. The molecule has 3 rings (SSSR count). The lowest BCUT2D eigenvalue weighted by atomic mass is 9.94. The number of para-hydroxylation sites is 1. The molecule has 1 amide bonds. The zero-order valence-electron chi connectivity index (χ0n) is 13.9. The molecule has 0 fully saturated rings. The van der Waals surface area contributed by atoms with Gasteiger partial charge in [-0.3, -0.25) is 14.5 Å². The Morgan fingerprint density at radius 1 is 1.16 bits per heavy atom. The molecule has 1 N–H and O–H groups in total. The van der Waals surface area contributed by atoms with E-state index in [2.05, 4.69) is 5.32 Å². The van der Waals surface area contributed by atoms with Gasteiger partial charge in [0.2, 0.25) is 5.91 Å². The van der Waals surface area contributed by atoms with Gasteiger partial charge in [-0.1, -0.05) is 36.4 Å². The highest BCUT2D eigenvalue weighted by atomic mass is 19.1. The molecule has 0 bridgehead atoms. The third kappa shape index (κ3) is 3.85. The number of amides is 1. The molecular formula is C19H19FN2O3. The van der Waals surface area contributed by atoms with Crippen LogP contribution in [0.2, 0.25) is 0 Å². The summed E-state index contributed by atoms with van der Waals surface area (Å²) in [4.78, 5) is 26.2. The van der Waals surface area contributed by atoms with Gasteiger partial charge in [0.25, 0.3) is 0 Å². The molecule has 2 aromatic carbocycles. The van der Waals surface area contributed by atoms with E-state index in [9.17, 15) is 14.0 Å². The summed E-state index contributed by atoms with van der Waals surface area (Å²) in [5, 5.41) is 2.55. The van der Waals surface area contributed by atoms with Gasteiger partial charge in [0.15, 0.2) is 0 Å². The van der Waals surface area contributed by atoms with Gasteiger partial charge in [-0.25, -0.2) is 4.39 Å². The minimum absolute atomic E-state index is 0.0254. The van der Waals surface area contributed by atoms with Crippen LogP contribution < -0.4 is 5.32 Å². The number of carbonyl (C=O) groups excluding carboxylic acids is 2. The van der Waals surface area contributed by atoms with Gasteiger partial charge in [0.1, 0.15) is 11.9 Å². The predicted octanol–water partition coefficient (Wildman–Crippen LogP) is 2.36. The fourth-order valence-corrected chi connectivity index (χ4v) is 3.05. The lowest BCUT2D eigenvalue weighted by Gasteiger charge is -2.34. The van der Waals surface area contributed by atoms with Crippen molar-refractivity contribution in [1.82, 2.24) is 4.90 Å². The smallest absolute Gasteiger partial charge is 0.323 e. The highest BCUT2D eigenvalue weighted by Gasteiger charge is 2.33. The molecule has 1 aliphatic rings. The number of nitrogens with one attached hydrogen (secondary N) is 1. The number of hydrogen-bond donors (Lipinski definition) is 1. The van der Waals surface area contributed by atoms with Crippen molar-refractivity contribution in [3.8, 4) is 0 Å². The molecule has 1 atom stereocenters. The Kier molecular flexibility index (Phi) is 5.09. The molecule has 0 aromatic heterocycles. The van der Waals surface area contributed by atoms with Crippen LogP contribution in [0.3, 0.4) is 0 Å². The molecule has 0 spiro atoms.